The van der Waals surface area contributed by atoms with Crippen molar-refractivity contribution < 1.29 is 19.4 Å². The van der Waals surface area contributed by atoms with E-state index in [1.54, 1.807) is 12.1 Å². The van der Waals surface area contributed by atoms with Crippen molar-refractivity contribution in [3.63, 3.8) is 0 Å². The summed E-state index contributed by atoms with van der Waals surface area (Å²) >= 11 is 12.2. The lowest BCUT2D eigenvalue weighted by Crippen LogP contribution is -2.48. The first-order valence-corrected chi connectivity index (χ1v) is 7.75. The molecule has 0 aromatic heterocycles. The summed E-state index contributed by atoms with van der Waals surface area (Å²) in [6, 6.07) is 3.15. The summed E-state index contributed by atoms with van der Waals surface area (Å²) in [7, 11) is 1.43. The topological polar surface area (TPSA) is 67.8 Å². The Morgan fingerprint density at radius 2 is 2.27 bits per heavy atom. The van der Waals surface area contributed by atoms with Gasteiger partial charge in [0.15, 0.2) is 5.60 Å². The Balaban J connectivity index is 2.26. The molecule has 0 fully saturated rings. The summed E-state index contributed by atoms with van der Waals surface area (Å²) in [5, 5.41) is 13.7. The van der Waals surface area contributed by atoms with Crippen LogP contribution in [0.1, 0.15) is 31.4 Å². The predicted molar refractivity (Wildman–Crippen MR) is 84.6 cm³/mol. The van der Waals surface area contributed by atoms with Crippen LogP contribution in [0.3, 0.4) is 0 Å². The maximum atomic E-state index is 12.3. The fourth-order valence-corrected chi connectivity index (χ4v) is 2.77. The van der Waals surface area contributed by atoms with E-state index >= 15 is 0 Å². The lowest BCUT2D eigenvalue weighted by atomic mass is 10.00. The van der Waals surface area contributed by atoms with Gasteiger partial charge in [0, 0.05) is 12.7 Å². The number of fused-ring (bicyclic) bond motifs is 1. The van der Waals surface area contributed by atoms with Crippen LogP contribution in [0.2, 0.25) is 10.0 Å². The Kier molecular flexibility index (Phi) is 5.55. The minimum Gasteiger partial charge on any atom is -0.492 e. The van der Waals surface area contributed by atoms with E-state index in [0.717, 1.165) is 12.0 Å². The van der Waals surface area contributed by atoms with Crippen molar-refractivity contribution in [2.45, 2.75) is 31.4 Å². The minimum atomic E-state index is -1.60. The van der Waals surface area contributed by atoms with Gasteiger partial charge in [0.25, 0.3) is 5.91 Å². The fraction of sp³-hybridized carbons (Fsp3) is 0.533. The van der Waals surface area contributed by atoms with Gasteiger partial charge < -0.3 is 19.9 Å². The first-order chi connectivity index (χ1) is 10.4. The fourth-order valence-electron chi connectivity index (χ4n) is 2.40. The summed E-state index contributed by atoms with van der Waals surface area (Å²) in [4.78, 5) is 12.3. The lowest BCUT2D eigenvalue weighted by Gasteiger charge is -2.26. The van der Waals surface area contributed by atoms with Crippen LogP contribution in [0, 0.1) is 0 Å². The van der Waals surface area contributed by atoms with Crippen molar-refractivity contribution >= 4 is 29.1 Å². The third kappa shape index (κ3) is 3.66. The number of methoxy groups -OCH3 is 1. The molecule has 2 atom stereocenters. The van der Waals surface area contributed by atoms with Crippen molar-refractivity contribution in [3.05, 3.63) is 27.7 Å². The number of hydrogen-bond acceptors (Lipinski definition) is 4. The number of aliphatic hydroxyl groups is 1. The molecular formula is C15H19Cl2NO4. The molecule has 1 heterocycles. The van der Waals surface area contributed by atoms with Crippen LogP contribution >= 0.6 is 23.2 Å². The van der Waals surface area contributed by atoms with Gasteiger partial charge in [-0.3, -0.25) is 4.79 Å². The second-order valence-electron chi connectivity index (χ2n) is 5.50. The molecule has 1 aliphatic rings. The molecule has 1 aromatic rings. The number of carbonyl (C=O) groups excluding carboxylic acids is 1. The monoisotopic (exact) mass is 347 g/mol. The number of nitrogens with one attached hydrogen (secondary N) is 1. The Bertz CT molecular complexity index is 563. The van der Waals surface area contributed by atoms with Crippen LogP contribution in [-0.2, 0) is 9.53 Å². The van der Waals surface area contributed by atoms with Crippen molar-refractivity contribution in [2.24, 2.45) is 0 Å². The largest absolute Gasteiger partial charge is 0.492 e. The van der Waals surface area contributed by atoms with Crippen LogP contribution in [0.15, 0.2) is 12.1 Å². The first-order valence-electron chi connectivity index (χ1n) is 7.00. The molecule has 0 radical (unpaired) electrons. The van der Waals surface area contributed by atoms with E-state index in [-0.39, 0.29) is 12.6 Å². The van der Waals surface area contributed by atoms with E-state index in [1.807, 2.05) is 0 Å². The molecule has 0 saturated carbocycles. The van der Waals surface area contributed by atoms with Gasteiger partial charge in [0.1, 0.15) is 10.8 Å². The highest BCUT2D eigenvalue weighted by molar-refractivity contribution is 6.43. The van der Waals surface area contributed by atoms with Gasteiger partial charge in [0.2, 0.25) is 0 Å². The van der Waals surface area contributed by atoms with Gasteiger partial charge in [-0.25, -0.2) is 0 Å². The average molecular weight is 348 g/mol. The van der Waals surface area contributed by atoms with E-state index in [4.69, 9.17) is 32.7 Å². The van der Waals surface area contributed by atoms with E-state index < -0.39 is 11.5 Å². The minimum absolute atomic E-state index is 0.0870. The van der Waals surface area contributed by atoms with Crippen molar-refractivity contribution in [1.82, 2.24) is 5.32 Å². The molecule has 5 nitrogen and oxygen atoms in total. The molecule has 22 heavy (non-hydrogen) atoms. The normalized spacial score (nSPS) is 20.3. The molecule has 122 valence electrons. The second-order valence-corrected chi connectivity index (χ2v) is 6.29. The van der Waals surface area contributed by atoms with Crippen LogP contribution in [0.4, 0.5) is 0 Å². The molecule has 0 unspecified atom stereocenters. The van der Waals surface area contributed by atoms with E-state index in [1.165, 1.54) is 14.0 Å². The Labute approximate surface area is 139 Å². The SMILES string of the molecule is COC[C@@](C)(O)C(=O)N[C@@H]1CCCOc2c1ccc(Cl)c2Cl. The highest BCUT2D eigenvalue weighted by Gasteiger charge is 2.33. The Hall–Kier alpha value is -1.01. The van der Waals surface area contributed by atoms with Crippen LogP contribution in [0.5, 0.6) is 5.75 Å². The second kappa shape index (κ2) is 7.04. The summed E-state index contributed by atoms with van der Waals surface area (Å²) in [6.45, 7) is 1.82. The van der Waals surface area contributed by atoms with Gasteiger partial charge in [0.05, 0.1) is 24.3 Å². The number of ether oxygens (including phenoxy) is 2. The van der Waals surface area contributed by atoms with Crippen LogP contribution < -0.4 is 10.1 Å². The molecule has 1 aliphatic heterocycles. The molecule has 1 aromatic carbocycles. The first kappa shape index (κ1) is 17.3. The zero-order chi connectivity index (χ0) is 16.3. The molecule has 0 aliphatic carbocycles. The summed E-state index contributed by atoms with van der Waals surface area (Å²) < 4.78 is 10.5. The number of benzene rings is 1. The zero-order valence-electron chi connectivity index (χ0n) is 12.5. The van der Waals surface area contributed by atoms with Gasteiger partial charge in [-0.15, -0.1) is 0 Å². The Morgan fingerprint density at radius 3 is 2.95 bits per heavy atom. The lowest BCUT2D eigenvalue weighted by molar-refractivity contribution is -0.143. The number of carbonyl (C=O) groups is 1. The summed E-state index contributed by atoms with van der Waals surface area (Å²) in [5.74, 6) is -0.0124. The number of halogens is 2. The van der Waals surface area contributed by atoms with Crippen LogP contribution in [-0.4, -0.2) is 36.9 Å². The molecule has 0 spiro atoms. The van der Waals surface area contributed by atoms with Gasteiger partial charge in [-0.1, -0.05) is 29.3 Å². The summed E-state index contributed by atoms with van der Waals surface area (Å²) in [6.07, 6.45) is 1.43. The average Bonchev–Trinajstić information content (AvgIpc) is 2.66. The van der Waals surface area contributed by atoms with Crippen LogP contribution in [0.25, 0.3) is 0 Å². The molecule has 2 N–H and O–H groups in total. The molecule has 0 bridgehead atoms. The molecule has 1 amide bonds. The quantitative estimate of drug-likeness (QED) is 0.878. The van der Waals surface area contributed by atoms with Gasteiger partial charge >= 0.3 is 0 Å². The zero-order valence-corrected chi connectivity index (χ0v) is 14.0. The van der Waals surface area contributed by atoms with Gasteiger partial charge in [-0.05, 0) is 25.8 Å². The number of rotatable bonds is 4. The molecular weight excluding hydrogens is 329 g/mol. The summed E-state index contributed by atoms with van der Waals surface area (Å²) in [5.41, 5.74) is -0.841. The highest BCUT2D eigenvalue weighted by atomic mass is 35.5. The molecule has 0 saturated heterocycles. The van der Waals surface area contributed by atoms with Crippen molar-refractivity contribution in [3.8, 4) is 5.75 Å². The van der Waals surface area contributed by atoms with E-state index in [2.05, 4.69) is 5.32 Å². The van der Waals surface area contributed by atoms with E-state index in [9.17, 15) is 9.90 Å². The van der Waals surface area contributed by atoms with Crippen molar-refractivity contribution in [2.75, 3.05) is 20.3 Å². The van der Waals surface area contributed by atoms with E-state index in [0.29, 0.717) is 28.8 Å². The molecule has 7 heteroatoms. The number of amides is 1. The molecule has 2 rings (SSSR count). The number of hydrogen-bond donors (Lipinski definition) is 2. The maximum Gasteiger partial charge on any atom is 0.254 e. The van der Waals surface area contributed by atoms with Crippen molar-refractivity contribution in [1.29, 1.82) is 0 Å². The standard InChI is InChI=1S/C15H19Cl2NO4/c1-15(20,8-21-2)14(19)18-11-4-3-7-22-13-9(11)5-6-10(16)12(13)17/h5-6,11,20H,3-4,7-8H2,1-2H3,(H,18,19)/t11-,15-/m1/s1. The highest BCUT2D eigenvalue weighted by Crippen LogP contribution is 2.41. The third-order valence-electron chi connectivity index (χ3n) is 3.56. The third-order valence-corrected chi connectivity index (χ3v) is 4.35. The Morgan fingerprint density at radius 1 is 1.55 bits per heavy atom. The predicted octanol–water partition coefficient (Wildman–Crippen LogP) is 2.72. The van der Waals surface area contributed by atoms with Gasteiger partial charge in [-0.2, -0.15) is 0 Å². The maximum absolute atomic E-state index is 12.3. The smallest absolute Gasteiger partial charge is 0.254 e.